The molecule has 2 nitrogen and oxygen atoms in total. The lowest BCUT2D eigenvalue weighted by Crippen LogP contribution is -2.17. The van der Waals surface area contributed by atoms with Gasteiger partial charge in [0, 0.05) is 20.0 Å². The van der Waals surface area contributed by atoms with Gasteiger partial charge in [-0.2, -0.15) is 0 Å². The maximum absolute atomic E-state index is 10.5. The van der Waals surface area contributed by atoms with Crippen molar-refractivity contribution in [3.63, 3.8) is 0 Å². The highest BCUT2D eigenvalue weighted by Gasteiger charge is 2.14. The van der Waals surface area contributed by atoms with Crippen LogP contribution in [0.4, 0.5) is 0 Å². The van der Waals surface area contributed by atoms with Gasteiger partial charge in [0.1, 0.15) is 0 Å². The van der Waals surface area contributed by atoms with Crippen molar-refractivity contribution in [1.82, 2.24) is 4.90 Å². The van der Waals surface area contributed by atoms with E-state index in [0.29, 0.717) is 5.91 Å². The summed E-state index contributed by atoms with van der Waals surface area (Å²) in [7, 11) is 1.84. The minimum absolute atomic E-state index is 0.292. The fourth-order valence-corrected chi connectivity index (χ4v) is 0.783. The van der Waals surface area contributed by atoms with Gasteiger partial charge in [0.2, 0.25) is 5.91 Å². The van der Waals surface area contributed by atoms with Crippen LogP contribution in [0, 0.1) is 0 Å². The summed E-state index contributed by atoms with van der Waals surface area (Å²) in [5.74, 6) is 0.292. The summed E-state index contributed by atoms with van der Waals surface area (Å²) in [6.07, 6.45) is 1.81. The van der Waals surface area contributed by atoms with Crippen molar-refractivity contribution in [2.45, 2.75) is 40.5 Å². The number of rotatable bonds is 0. The van der Waals surface area contributed by atoms with E-state index in [0.717, 1.165) is 19.4 Å². The van der Waals surface area contributed by atoms with Crippen LogP contribution in [0.5, 0.6) is 0 Å². The van der Waals surface area contributed by atoms with E-state index in [1.807, 2.05) is 34.7 Å². The molecule has 2 heteroatoms. The van der Waals surface area contributed by atoms with E-state index in [2.05, 4.69) is 0 Å². The van der Waals surface area contributed by atoms with Crippen LogP contribution in [-0.2, 0) is 4.79 Å². The summed E-state index contributed by atoms with van der Waals surface area (Å²) in [6.45, 7) is 8.96. The Kier molecular flexibility index (Phi) is 11.3. The number of hydrogen-bond donors (Lipinski definition) is 0. The van der Waals surface area contributed by atoms with Gasteiger partial charge in [-0.15, -0.1) is 0 Å². The van der Waals surface area contributed by atoms with Crippen LogP contribution in [0.1, 0.15) is 40.5 Å². The standard InChI is InChI=1S/C5H9NO.2C2H6/c1-6-4-2-3-5(6)7;2*1-2/h2-4H2,1H3;2*1-2H3. The molecule has 0 spiro atoms. The molecule has 1 fully saturated rings. The van der Waals surface area contributed by atoms with Crippen LogP contribution in [-0.4, -0.2) is 24.4 Å². The number of hydrogen-bond acceptors (Lipinski definition) is 1. The molecular weight excluding hydrogens is 138 g/mol. The third-order valence-electron chi connectivity index (χ3n) is 1.31. The van der Waals surface area contributed by atoms with Gasteiger partial charge in [0.15, 0.2) is 0 Å². The Morgan fingerprint density at radius 2 is 1.64 bits per heavy atom. The van der Waals surface area contributed by atoms with Crippen LogP contribution in [0.25, 0.3) is 0 Å². The van der Waals surface area contributed by atoms with Gasteiger partial charge in [-0.3, -0.25) is 4.79 Å². The first-order valence-corrected chi connectivity index (χ1v) is 4.54. The molecule has 0 aromatic carbocycles. The molecule has 0 aromatic rings. The van der Waals surface area contributed by atoms with Gasteiger partial charge < -0.3 is 4.90 Å². The zero-order valence-electron chi connectivity index (χ0n) is 8.48. The fourth-order valence-electron chi connectivity index (χ4n) is 0.783. The Balaban J connectivity index is 0. The zero-order chi connectivity index (χ0) is 9.28. The van der Waals surface area contributed by atoms with Gasteiger partial charge in [0.25, 0.3) is 0 Å². The normalized spacial score (nSPS) is 14.6. The Morgan fingerprint density at radius 1 is 1.18 bits per heavy atom. The second-order valence-corrected chi connectivity index (χ2v) is 1.92. The molecule has 1 aliphatic heterocycles. The number of likely N-dealkylation sites (tertiary alicyclic amines) is 1. The van der Waals surface area contributed by atoms with E-state index in [4.69, 9.17) is 0 Å². The number of nitrogens with zero attached hydrogens (tertiary/aromatic N) is 1. The molecule has 1 aliphatic rings. The van der Waals surface area contributed by atoms with Crippen LogP contribution < -0.4 is 0 Å². The van der Waals surface area contributed by atoms with Crippen LogP contribution >= 0.6 is 0 Å². The molecule has 1 saturated heterocycles. The lowest BCUT2D eigenvalue weighted by molar-refractivity contribution is -0.126. The molecule has 0 bridgehead atoms. The predicted molar refractivity (Wildman–Crippen MR) is 49.6 cm³/mol. The van der Waals surface area contributed by atoms with Gasteiger partial charge in [-0.1, -0.05) is 27.7 Å². The van der Waals surface area contributed by atoms with Crippen molar-refractivity contribution < 1.29 is 4.79 Å². The first kappa shape index (κ1) is 13.1. The molecule has 0 aromatic heterocycles. The second-order valence-electron chi connectivity index (χ2n) is 1.92. The molecule has 0 saturated carbocycles. The summed E-state index contributed by atoms with van der Waals surface area (Å²) in [5, 5.41) is 0. The zero-order valence-corrected chi connectivity index (χ0v) is 8.48. The molecule has 11 heavy (non-hydrogen) atoms. The summed E-state index contributed by atoms with van der Waals surface area (Å²) < 4.78 is 0. The highest BCUT2D eigenvalue weighted by atomic mass is 16.2. The largest absolute Gasteiger partial charge is 0.346 e. The Morgan fingerprint density at radius 3 is 1.73 bits per heavy atom. The van der Waals surface area contributed by atoms with Crippen LogP contribution in [0.2, 0.25) is 0 Å². The lowest BCUT2D eigenvalue weighted by atomic mass is 10.4. The van der Waals surface area contributed by atoms with Crippen molar-refractivity contribution in [2.75, 3.05) is 13.6 Å². The van der Waals surface area contributed by atoms with Gasteiger partial charge in [-0.05, 0) is 6.42 Å². The predicted octanol–water partition coefficient (Wildman–Crippen LogP) is 2.29. The van der Waals surface area contributed by atoms with Gasteiger partial charge in [-0.25, -0.2) is 0 Å². The van der Waals surface area contributed by atoms with E-state index >= 15 is 0 Å². The smallest absolute Gasteiger partial charge is 0.222 e. The molecule has 0 atom stereocenters. The van der Waals surface area contributed by atoms with Crippen molar-refractivity contribution >= 4 is 5.91 Å². The molecule has 0 unspecified atom stereocenters. The first-order chi connectivity index (χ1) is 5.30. The Labute approximate surface area is 70.6 Å². The average molecular weight is 159 g/mol. The number of carbonyl (C=O) groups excluding carboxylic acids is 1. The molecular formula is C9H21NO. The van der Waals surface area contributed by atoms with E-state index in [-0.39, 0.29) is 0 Å². The van der Waals surface area contributed by atoms with Crippen molar-refractivity contribution in [3.8, 4) is 0 Å². The van der Waals surface area contributed by atoms with Crippen LogP contribution in [0.3, 0.4) is 0 Å². The Hall–Kier alpha value is -0.530. The molecule has 1 amide bonds. The summed E-state index contributed by atoms with van der Waals surface area (Å²) in [6, 6.07) is 0. The molecule has 1 rings (SSSR count). The lowest BCUT2D eigenvalue weighted by Gasteiger charge is -2.03. The monoisotopic (exact) mass is 159 g/mol. The molecule has 1 heterocycles. The van der Waals surface area contributed by atoms with Gasteiger partial charge >= 0.3 is 0 Å². The highest BCUT2D eigenvalue weighted by Crippen LogP contribution is 2.04. The maximum atomic E-state index is 10.5. The summed E-state index contributed by atoms with van der Waals surface area (Å²) in [4.78, 5) is 12.3. The van der Waals surface area contributed by atoms with Crippen molar-refractivity contribution in [1.29, 1.82) is 0 Å². The summed E-state index contributed by atoms with van der Waals surface area (Å²) in [5.41, 5.74) is 0. The second kappa shape index (κ2) is 9.47. The van der Waals surface area contributed by atoms with E-state index in [9.17, 15) is 4.79 Å². The molecule has 68 valence electrons. The SMILES string of the molecule is CC.CC.CN1CCCC1=O. The third-order valence-corrected chi connectivity index (χ3v) is 1.31. The highest BCUT2D eigenvalue weighted by molar-refractivity contribution is 5.77. The van der Waals surface area contributed by atoms with Crippen molar-refractivity contribution in [3.05, 3.63) is 0 Å². The van der Waals surface area contributed by atoms with Crippen molar-refractivity contribution in [2.24, 2.45) is 0 Å². The summed E-state index contributed by atoms with van der Waals surface area (Å²) >= 11 is 0. The maximum Gasteiger partial charge on any atom is 0.222 e. The van der Waals surface area contributed by atoms with E-state index < -0.39 is 0 Å². The molecule has 0 N–H and O–H groups in total. The quantitative estimate of drug-likeness (QED) is 0.531. The van der Waals surface area contributed by atoms with Crippen LogP contribution in [0.15, 0.2) is 0 Å². The minimum Gasteiger partial charge on any atom is -0.346 e. The third kappa shape index (κ3) is 5.89. The topological polar surface area (TPSA) is 20.3 Å². The minimum atomic E-state index is 0.292. The molecule has 0 aliphatic carbocycles. The number of carbonyl (C=O) groups is 1. The molecule has 0 radical (unpaired) electrons. The Bertz CT molecular complexity index is 91.6. The fraction of sp³-hybridized carbons (Fsp3) is 0.889. The van der Waals surface area contributed by atoms with E-state index in [1.165, 1.54) is 0 Å². The van der Waals surface area contributed by atoms with Gasteiger partial charge in [0.05, 0.1) is 0 Å². The first-order valence-electron chi connectivity index (χ1n) is 4.54. The van der Waals surface area contributed by atoms with E-state index in [1.54, 1.807) is 4.90 Å². The number of amides is 1. The average Bonchev–Trinajstić information content (AvgIpc) is 2.44.